The molecular formula is C10H9BrClF. The van der Waals surface area contributed by atoms with Gasteiger partial charge in [-0.3, -0.25) is 0 Å². The van der Waals surface area contributed by atoms with Crippen molar-refractivity contribution in [1.29, 1.82) is 0 Å². The maximum atomic E-state index is 12.8. The first-order valence-corrected chi connectivity index (χ1v) is 5.56. The van der Waals surface area contributed by atoms with Gasteiger partial charge in [-0.15, -0.1) is 11.6 Å². The molecule has 0 heterocycles. The van der Waals surface area contributed by atoms with E-state index in [-0.39, 0.29) is 5.82 Å². The van der Waals surface area contributed by atoms with E-state index in [0.717, 1.165) is 10.9 Å². The average molecular weight is 264 g/mol. The molecule has 0 bridgehead atoms. The average Bonchev–Trinajstić information content (AvgIpc) is 2.83. The summed E-state index contributed by atoms with van der Waals surface area (Å²) in [5.74, 6) is 1.63. The highest BCUT2D eigenvalue weighted by atomic mass is 79.9. The Bertz CT molecular complexity index is 327. The number of rotatable bonds is 2. The molecule has 1 aromatic carbocycles. The first-order chi connectivity index (χ1) is 6.22. The molecule has 1 aliphatic carbocycles. The smallest absolute Gasteiger partial charge is 0.124 e. The van der Waals surface area contributed by atoms with Crippen LogP contribution in [0.3, 0.4) is 0 Å². The number of hydrogen-bond donors (Lipinski definition) is 0. The molecule has 1 fully saturated rings. The van der Waals surface area contributed by atoms with Crippen molar-refractivity contribution in [3.05, 3.63) is 34.1 Å². The number of alkyl halides is 1. The molecule has 0 saturated heterocycles. The maximum absolute atomic E-state index is 12.8. The number of halogens is 3. The molecule has 0 N–H and O–H groups in total. The summed E-state index contributed by atoms with van der Waals surface area (Å²) in [6.45, 7) is 0. The predicted octanol–water partition coefficient (Wildman–Crippen LogP) is 3.93. The van der Waals surface area contributed by atoms with E-state index in [2.05, 4.69) is 15.9 Å². The summed E-state index contributed by atoms with van der Waals surface area (Å²) in [6, 6.07) is 4.86. The second kappa shape index (κ2) is 3.58. The van der Waals surface area contributed by atoms with Gasteiger partial charge in [-0.05, 0) is 36.0 Å². The summed E-state index contributed by atoms with van der Waals surface area (Å²) < 4.78 is 13.6. The van der Waals surface area contributed by atoms with Gasteiger partial charge in [0.15, 0.2) is 0 Å². The molecule has 0 nitrogen and oxygen atoms in total. The molecule has 2 unspecified atom stereocenters. The van der Waals surface area contributed by atoms with E-state index in [1.807, 2.05) is 6.07 Å². The van der Waals surface area contributed by atoms with Crippen LogP contribution in [0.1, 0.15) is 17.9 Å². The monoisotopic (exact) mass is 262 g/mol. The standard InChI is InChI=1S/C10H9BrClF/c11-10-4-7(13)1-2-8(10)9-3-6(9)5-12/h1-2,4,6,9H,3,5H2. The van der Waals surface area contributed by atoms with Crippen LogP contribution < -0.4 is 0 Å². The minimum Gasteiger partial charge on any atom is -0.207 e. The first kappa shape index (κ1) is 9.47. The third-order valence-electron chi connectivity index (χ3n) is 2.48. The van der Waals surface area contributed by atoms with Crippen molar-refractivity contribution in [3.63, 3.8) is 0 Å². The zero-order valence-electron chi connectivity index (χ0n) is 6.93. The maximum Gasteiger partial charge on any atom is 0.124 e. The molecular weight excluding hydrogens is 254 g/mol. The van der Waals surface area contributed by atoms with Crippen molar-refractivity contribution in [2.24, 2.45) is 5.92 Å². The zero-order valence-corrected chi connectivity index (χ0v) is 9.28. The van der Waals surface area contributed by atoms with Gasteiger partial charge in [0.25, 0.3) is 0 Å². The van der Waals surface area contributed by atoms with Gasteiger partial charge >= 0.3 is 0 Å². The molecule has 13 heavy (non-hydrogen) atoms. The van der Waals surface area contributed by atoms with Gasteiger partial charge in [-0.1, -0.05) is 22.0 Å². The molecule has 2 atom stereocenters. The van der Waals surface area contributed by atoms with Crippen molar-refractivity contribution < 1.29 is 4.39 Å². The highest BCUT2D eigenvalue weighted by molar-refractivity contribution is 9.10. The third-order valence-corrected chi connectivity index (χ3v) is 3.57. The minimum atomic E-state index is -0.196. The third kappa shape index (κ3) is 1.89. The molecule has 0 radical (unpaired) electrons. The van der Waals surface area contributed by atoms with Crippen LogP contribution in [0.4, 0.5) is 4.39 Å². The second-order valence-corrected chi connectivity index (χ2v) is 4.59. The molecule has 0 aromatic heterocycles. The molecule has 1 aromatic rings. The minimum absolute atomic E-state index is 0.196. The quantitative estimate of drug-likeness (QED) is 0.709. The first-order valence-electron chi connectivity index (χ1n) is 4.23. The van der Waals surface area contributed by atoms with E-state index in [4.69, 9.17) is 11.6 Å². The predicted molar refractivity (Wildman–Crippen MR) is 55.7 cm³/mol. The summed E-state index contributed by atoms with van der Waals surface area (Å²) in [5.41, 5.74) is 1.19. The zero-order chi connectivity index (χ0) is 9.42. The topological polar surface area (TPSA) is 0 Å². The Balaban J connectivity index is 2.22. The lowest BCUT2D eigenvalue weighted by atomic mass is 10.1. The molecule has 70 valence electrons. The Labute approximate surface area is 90.2 Å². The largest absolute Gasteiger partial charge is 0.207 e. The normalized spacial score (nSPS) is 26.1. The Morgan fingerprint density at radius 1 is 1.54 bits per heavy atom. The van der Waals surface area contributed by atoms with Crippen LogP contribution in [0, 0.1) is 11.7 Å². The lowest BCUT2D eigenvalue weighted by molar-refractivity contribution is 0.626. The lowest BCUT2D eigenvalue weighted by Gasteiger charge is -2.02. The van der Waals surface area contributed by atoms with Crippen LogP contribution in [0.5, 0.6) is 0 Å². The second-order valence-electron chi connectivity index (χ2n) is 3.42. The molecule has 2 rings (SSSR count). The summed E-state index contributed by atoms with van der Waals surface area (Å²) in [7, 11) is 0. The van der Waals surface area contributed by atoms with E-state index in [1.54, 1.807) is 0 Å². The molecule has 0 aliphatic heterocycles. The van der Waals surface area contributed by atoms with Crippen LogP contribution in [-0.2, 0) is 0 Å². The van der Waals surface area contributed by atoms with Crippen LogP contribution in [-0.4, -0.2) is 5.88 Å². The molecule has 0 amide bonds. The molecule has 3 heteroatoms. The summed E-state index contributed by atoms with van der Waals surface area (Å²) >= 11 is 9.10. The summed E-state index contributed by atoms with van der Waals surface area (Å²) in [5, 5.41) is 0. The van der Waals surface area contributed by atoms with Gasteiger partial charge < -0.3 is 0 Å². The number of benzene rings is 1. The van der Waals surface area contributed by atoms with Crippen LogP contribution in [0.2, 0.25) is 0 Å². The molecule has 0 spiro atoms. The summed E-state index contributed by atoms with van der Waals surface area (Å²) in [4.78, 5) is 0. The van der Waals surface area contributed by atoms with Gasteiger partial charge in [0, 0.05) is 10.4 Å². The summed E-state index contributed by atoms with van der Waals surface area (Å²) in [6.07, 6.45) is 1.13. The number of hydrogen-bond acceptors (Lipinski definition) is 0. The van der Waals surface area contributed by atoms with Crippen molar-refractivity contribution in [2.75, 3.05) is 5.88 Å². The van der Waals surface area contributed by atoms with Gasteiger partial charge in [-0.25, -0.2) is 4.39 Å². The highest BCUT2D eigenvalue weighted by Crippen LogP contribution is 2.50. The van der Waals surface area contributed by atoms with E-state index < -0.39 is 0 Å². The molecule has 1 saturated carbocycles. The van der Waals surface area contributed by atoms with E-state index in [1.165, 1.54) is 17.7 Å². The SMILES string of the molecule is Fc1ccc(C2CC2CCl)c(Br)c1. The fourth-order valence-electron chi connectivity index (χ4n) is 1.60. The van der Waals surface area contributed by atoms with Crippen LogP contribution in [0.25, 0.3) is 0 Å². The van der Waals surface area contributed by atoms with Gasteiger partial charge in [-0.2, -0.15) is 0 Å². The highest BCUT2D eigenvalue weighted by Gasteiger charge is 2.38. The van der Waals surface area contributed by atoms with Gasteiger partial charge in [0.1, 0.15) is 5.82 Å². The van der Waals surface area contributed by atoms with E-state index in [0.29, 0.717) is 17.7 Å². The fraction of sp³-hybridized carbons (Fsp3) is 0.400. The Hall–Kier alpha value is -0.0800. The van der Waals surface area contributed by atoms with Gasteiger partial charge in [0.05, 0.1) is 0 Å². The Morgan fingerprint density at radius 2 is 2.31 bits per heavy atom. The van der Waals surface area contributed by atoms with Crippen molar-refractivity contribution in [3.8, 4) is 0 Å². The van der Waals surface area contributed by atoms with E-state index in [9.17, 15) is 4.39 Å². The van der Waals surface area contributed by atoms with Gasteiger partial charge in [0.2, 0.25) is 0 Å². The van der Waals surface area contributed by atoms with Crippen LogP contribution in [0.15, 0.2) is 22.7 Å². The van der Waals surface area contributed by atoms with Crippen molar-refractivity contribution >= 4 is 27.5 Å². The Kier molecular flexibility index (Phi) is 2.61. The Morgan fingerprint density at radius 3 is 2.85 bits per heavy atom. The van der Waals surface area contributed by atoms with Crippen LogP contribution >= 0.6 is 27.5 Å². The van der Waals surface area contributed by atoms with Crippen molar-refractivity contribution in [2.45, 2.75) is 12.3 Å². The van der Waals surface area contributed by atoms with Crippen molar-refractivity contribution in [1.82, 2.24) is 0 Å². The lowest BCUT2D eigenvalue weighted by Crippen LogP contribution is -1.87. The van der Waals surface area contributed by atoms with E-state index >= 15 is 0 Å². The fourth-order valence-corrected chi connectivity index (χ4v) is 2.59. The molecule has 1 aliphatic rings.